The van der Waals surface area contributed by atoms with Gasteiger partial charge in [-0.1, -0.05) is 47.1 Å². The fourth-order valence-electron chi connectivity index (χ4n) is 3.17. The van der Waals surface area contributed by atoms with Crippen LogP contribution in [0.1, 0.15) is 21.5 Å². The number of fused-ring (bicyclic) bond motifs is 1. The number of rotatable bonds is 4. The van der Waals surface area contributed by atoms with Crippen LogP contribution in [0.3, 0.4) is 0 Å². The van der Waals surface area contributed by atoms with Gasteiger partial charge in [0, 0.05) is 5.56 Å². The van der Waals surface area contributed by atoms with E-state index in [1.807, 2.05) is 62.4 Å². The number of anilines is 1. The van der Waals surface area contributed by atoms with Gasteiger partial charge in [0.25, 0.3) is 5.91 Å². The van der Waals surface area contributed by atoms with E-state index in [0.29, 0.717) is 17.2 Å². The van der Waals surface area contributed by atoms with Crippen LogP contribution in [0.15, 0.2) is 59.0 Å². The summed E-state index contributed by atoms with van der Waals surface area (Å²) in [5, 5.41) is 12.6. The lowest BCUT2D eigenvalue weighted by Crippen LogP contribution is -2.13. The lowest BCUT2D eigenvalue weighted by molar-refractivity contribution is 0.102. The van der Waals surface area contributed by atoms with Crippen LogP contribution in [0.5, 0.6) is 5.75 Å². The number of benzene rings is 3. The fourth-order valence-corrected chi connectivity index (χ4v) is 3.17. The van der Waals surface area contributed by atoms with Crippen molar-refractivity contribution in [2.75, 3.05) is 12.4 Å². The molecule has 1 heterocycles. The van der Waals surface area contributed by atoms with Gasteiger partial charge in [-0.3, -0.25) is 10.1 Å². The molecule has 4 rings (SSSR count). The van der Waals surface area contributed by atoms with E-state index in [0.717, 1.165) is 27.5 Å². The van der Waals surface area contributed by atoms with Crippen molar-refractivity contribution in [3.05, 3.63) is 71.3 Å². The summed E-state index contributed by atoms with van der Waals surface area (Å²) in [5.74, 6) is 0.460. The molecular weight excluding hydrogens is 354 g/mol. The van der Waals surface area contributed by atoms with E-state index in [1.54, 1.807) is 6.07 Å². The SMILES string of the molecule is COc1cc2ccccc2cc1C(=O)Nc1nnc(-c2ccc(C)cc2C)o1. The van der Waals surface area contributed by atoms with Gasteiger partial charge in [-0.15, -0.1) is 5.10 Å². The van der Waals surface area contributed by atoms with Crippen LogP contribution in [0.2, 0.25) is 0 Å². The maximum Gasteiger partial charge on any atom is 0.322 e. The Balaban J connectivity index is 1.62. The van der Waals surface area contributed by atoms with Crippen molar-refractivity contribution in [2.24, 2.45) is 0 Å². The molecule has 28 heavy (non-hydrogen) atoms. The van der Waals surface area contributed by atoms with E-state index < -0.39 is 0 Å². The molecule has 6 nitrogen and oxygen atoms in total. The summed E-state index contributed by atoms with van der Waals surface area (Å²) in [7, 11) is 1.53. The first kappa shape index (κ1) is 17.7. The molecule has 140 valence electrons. The standard InChI is InChI=1S/C22H19N3O3/c1-13-8-9-17(14(2)10-13)21-24-25-22(28-21)23-20(26)18-11-15-6-4-5-7-16(15)12-19(18)27-3/h4-12H,1-3H3,(H,23,25,26). The first-order chi connectivity index (χ1) is 13.5. The number of nitrogens with zero attached hydrogens (tertiary/aromatic N) is 2. The van der Waals surface area contributed by atoms with Crippen LogP contribution < -0.4 is 10.1 Å². The molecule has 0 saturated carbocycles. The summed E-state index contributed by atoms with van der Waals surface area (Å²) >= 11 is 0. The van der Waals surface area contributed by atoms with Gasteiger partial charge in [-0.2, -0.15) is 0 Å². The molecule has 0 radical (unpaired) electrons. The van der Waals surface area contributed by atoms with Gasteiger partial charge in [-0.05, 0) is 48.4 Å². The third-order valence-electron chi connectivity index (χ3n) is 4.57. The van der Waals surface area contributed by atoms with Gasteiger partial charge in [0.2, 0.25) is 5.89 Å². The Morgan fingerprint density at radius 1 is 1.00 bits per heavy atom. The second-order valence-corrected chi connectivity index (χ2v) is 6.58. The average Bonchev–Trinajstić information content (AvgIpc) is 3.14. The zero-order valence-electron chi connectivity index (χ0n) is 15.8. The molecule has 0 bridgehead atoms. The second kappa shape index (κ2) is 7.15. The second-order valence-electron chi connectivity index (χ2n) is 6.58. The largest absolute Gasteiger partial charge is 0.496 e. The maximum atomic E-state index is 12.8. The Morgan fingerprint density at radius 3 is 2.46 bits per heavy atom. The third-order valence-corrected chi connectivity index (χ3v) is 4.57. The normalized spacial score (nSPS) is 10.8. The number of amides is 1. The van der Waals surface area contributed by atoms with E-state index in [1.165, 1.54) is 7.11 Å². The van der Waals surface area contributed by atoms with Gasteiger partial charge in [0.1, 0.15) is 5.75 Å². The minimum absolute atomic E-state index is 0.0372. The molecule has 0 aliphatic carbocycles. The summed E-state index contributed by atoms with van der Waals surface area (Å²) < 4.78 is 11.0. The number of ether oxygens (including phenoxy) is 1. The van der Waals surface area contributed by atoms with E-state index >= 15 is 0 Å². The summed E-state index contributed by atoms with van der Waals surface area (Å²) in [4.78, 5) is 12.8. The van der Waals surface area contributed by atoms with Crippen molar-refractivity contribution in [2.45, 2.75) is 13.8 Å². The minimum Gasteiger partial charge on any atom is -0.496 e. The quantitative estimate of drug-likeness (QED) is 0.558. The number of carbonyl (C=O) groups excluding carboxylic acids is 1. The summed E-state index contributed by atoms with van der Waals surface area (Å²) in [6.07, 6.45) is 0. The molecular formula is C22H19N3O3. The lowest BCUT2D eigenvalue weighted by Gasteiger charge is -2.09. The molecule has 3 aromatic carbocycles. The topological polar surface area (TPSA) is 77.2 Å². The number of methoxy groups -OCH3 is 1. The monoisotopic (exact) mass is 373 g/mol. The molecule has 1 aromatic heterocycles. The van der Waals surface area contributed by atoms with Gasteiger partial charge in [-0.25, -0.2) is 0 Å². The lowest BCUT2D eigenvalue weighted by atomic mass is 10.1. The first-order valence-electron chi connectivity index (χ1n) is 8.84. The van der Waals surface area contributed by atoms with Crippen molar-refractivity contribution >= 4 is 22.7 Å². The van der Waals surface area contributed by atoms with Crippen molar-refractivity contribution < 1.29 is 13.9 Å². The molecule has 0 aliphatic rings. The number of hydrogen-bond acceptors (Lipinski definition) is 5. The van der Waals surface area contributed by atoms with E-state index in [9.17, 15) is 4.79 Å². The molecule has 0 atom stereocenters. The van der Waals surface area contributed by atoms with Gasteiger partial charge >= 0.3 is 6.01 Å². The number of aromatic nitrogens is 2. The van der Waals surface area contributed by atoms with Crippen molar-refractivity contribution in [1.82, 2.24) is 10.2 Å². The summed E-state index contributed by atoms with van der Waals surface area (Å²) in [5.41, 5.74) is 3.41. The molecule has 0 saturated heterocycles. The van der Waals surface area contributed by atoms with Crippen LogP contribution in [0, 0.1) is 13.8 Å². The Morgan fingerprint density at radius 2 is 1.75 bits per heavy atom. The van der Waals surface area contributed by atoms with Crippen molar-refractivity contribution in [1.29, 1.82) is 0 Å². The summed E-state index contributed by atoms with van der Waals surface area (Å²) in [6.45, 7) is 4.00. The first-order valence-corrected chi connectivity index (χ1v) is 8.84. The number of carbonyl (C=O) groups is 1. The molecule has 1 amide bonds. The molecule has 0 fully saturated rings. The smallest absolute Gasteiger partial charge is 0.322 e. The van der Waals surface area contributed by atoms with E-state index in [-0.39, 0.29) is 11.9 Å². The Labute approximate surface area is 162 Å². The zero-order valence-corrected chi connectivity index (χ0v) is 15.8. The molecule has 4 aromatic rings. The minimum atomic E-state index is -0.376. The Bertz CT molecular complexity index is 1180. The number of aryl methyl sites for hydroxylation is 2. The highest BCUT2D eigenvalue weighted by atomic mass is 16.5. The molecule has 0 spiro atoms. The molecule has 6 heteroatoms. The highest BCUT2D eigenvalue weighted by Gasteiger charge is 2.18. The van der Waals surface area contributed by atoms with E-state index in [2.05, 4.69) is 15.5 Å². The van der Waals surface area contributed by atoms with Crippen LogP contribution >= 0.6 is 0 Å². The van der Waals surface area contributed by atoms with Gasteiger partial charge in [0.05, 0.1) is 12.7 Å². The zero-order chi connectivity index (χ0) is 19.7. The Hall–Kier alpha value is -3.67. The highest BCUT2D eigenvalue weighted by Crippen LogP contribution is 2.28. The molecule has 0 unspecified atom stereocenters. The maximum absolute atomic E-state index is 12.8. The Kier molecular flexibility index (Phi) is 4.53. The van der Waals surface area contributed by atoms with Crippen LogP contribution in [-0.4, -0.2) is 23.2 Å². The number of hydrogen-bond donors (Lipinski definition) is 1. The van der Waals surface area contributed by atoms with Gasteiger partial charge in [0.15, 0.2) is 0 Å². The predicted octanol–water partition coefficient (Wildman–Crippen LogP) is 4.77. The highest BCUT2D eigenvalue weighted by molar-refractivity contribution is 6.07. The van der Waals surface area contributed by atoms with Crippen LogP contribution in [0.25, 0.3) is 22.2 Å². The average molecular weight is 373 g/mol. The van der Waals surface area contributed by atoms with Crippen molar-refractivity contribution in [3.63, 3.8) is 0 Å². The van der Waals surface area contributed by atoms with E-state index in [4.69, 9.17) is 9.15 Å². The fraction of sp³-hybridized carbons (Fsp3) is 0.136. The third kappa shape index (κ3) is 3.32. The van der Waals surface area contributed by atoms with Crippen LogP contribution in [0.4, 0.5) is 6.01 Å². The molecule has 1 N–H and O–H groups in total. The van der Waals surface area contributed by atoms with Crippen molar-refractivity contribution in [3.8, 4) is 17.2 Å². The number of nitrogens with one attached hydrogen (secondary N) is 1. The predicted molar refractivity (Wildman–Crippen MR) is 108 cm³/mol. The molecule has 0 aliphatic heterocycles. The summed E-state index contributed by atoms with van der Waals surface area (Å²) in [6, 6.07) is 17.4. The van der Waals surface area contributed by atoms with Crippen LogP contribution in [-0.2, 0) is 0 Å². The van der Waals surface area contributed by atoms with Gasteiger partial charge < -0.3 is 9.15 Å².